The molecular weight excluding hydrogens is 556 g/mol. The number of methoxy groups -OCH3 is 1. The Labute approximate surface area is 242 Å². The van der Waals surface area contributed by atoms with Crippen molar-refractivity contribution in [2.45, 2.75) is 63.3 Å². The average Bonchev–Trinajstić information content (AvgIpc) is 3.01. The normalized spacial score (nSPS) is 23.1. The van der Waals surface area contributed by atoms with Crippen LogP contribution in [0.1, 0.15) is 61.5 Å². The summed E-state index contributed by atoms with van der Waals surface area (Å²) in [7, 11) is 1.56. The Kier molecular flexibility index (Phi) is 10.0. The van der Waals surface area contributed by atoms with Crippen molar-refractivity contribution in [1.29, 1.82) is 0 Å². The molecule has 4 rings (SSSR count). The number of nitrogens with two attached hydrogens (primary N) is 1. The molecule has 0 spiro atoms. The lowest BCUT2D eigenvalue weighted by Crippen LogP contribution is -2.41. The van der Waals surface area contributed by atoms with Crippen LogP contribution in [0.4, 0.5) is 8.78 Å². The molecule has 1 unspecified atom stereocenters. The molecule has 6 nitrogen and oxygen atoms in total. The van der Waals surface area contributed by atoms with Crippen LogP contribution < -0.4 is 10.5 Å². The largest absolute Gasteiger partial charge is 0.496 e. The molecule has 2 amide bonds. The summed E-state index contributed by atoms with van der Waals surface area (Å²) in [5, 5.41) is -0.664. The Morgan fingerprint density at radius 1 is 1.12 bits per heavy atom. The molecule has 1 aromatic carbocycles. The number of hydrogen-bond acceptors (Lipinski definition) is 5. The number of nitrogens with zero attached hydrogens (tertiary/aromatic N) is 2. The van der Waals surface area contributed by atoms with E-state index in [0.717, 1.165) is 72.7 Å². The van der Waals surface area contributed by atoms with Crippen molar-refractivity contribution in [2.24, 2.45) is 5.73 Å². The minimum absolute atomic E-state index is 0.0518. The average molecular weight is 588 g/mol. The van der Waals surface area contributed by atoms with Crippen molar-refractivity contribution in [1.82, 2.24) is 9.88 Å². The molecule has 0 radical (unpaired) electrons. The minimum atomic E-state index is -0.716. The highest BCUT2D eigenvalue weighted by molar-refractivity contribution is 8.04. The van der Waals surface area contributed by atoms with Crippen LogP contribution in [0.3, 0.4) is 0 Å². The molecule has 2 aliphatic rings. The molecule has 2 aromatic rings. The standard InChI is InChI=1S/C30H32ClF2N3O3S/c1-18-25(33)10-9-22(32)16-24(31)28(40-18)30(38)36(23-6-4-3-5-7-23)17-21-14-19(8-11-27(21)39-2)20-12-13-35-26(15-20)29(34)37/h8-15,18,23H,3-7,16-17H2,1-2H3,(H2,34,37)/b22-9+,25-10+,28-24+. The van der Waals surface area contributed by atoms with E-state index in [1.165, 1.54) is 6.20 Å². The number of carbonyl (C=O) groups is 2. The Hall–Kier alpha value is -3.17. The summed E-state index contributed by atoms with van der Waals surface area (Å²) >= 11 is 7.55. The SMILES string of the molecule is COc1ccc(-c2ccnc(C(N)=O)c2)cc1CN(C(=O)/C1=C(\Cl)C/C(F)=C\C=C(\F)C(C)S1)C1CCCCC1. The van der Waals surface area contributed by atoms with Crippen LogP contribution in [0.15, 0.2) is 70.3 Å². The topological polar surface area (TPSA) is 85.5 Å². The highest BCUT2D eigenvalue weighted by Gasteiger charge is 2.32. The van der Waals surface area contributed by atoms with Crippen LogP contribution in [0.5, 0.6) is 5.75 Å². The van der Waals surface area contributed by atoms with E-state index in [1.807, 2.05) is 18.2 Å². The maximum Gasteiger partial charge on any atom is 0.267 e. The zero-order valence-corrected chi connectivity index (χ0v) is 24.0. The fourth-order valence-corrected chi connectivity index (χ4v) is 6.26. The molecule has 1 atom stereocenters. The summed E-state index contributed by atoms with van der Waals surface area (Å²) in [4.78, 5) is 31.8. The van der Waals surface area contributed by atoms with Crippen molar-refractivity contribution in [2.75, 3.05) is 7.11 Å². The Morgan fingerprint density at radius 3 is 2.55 bits per heavy atom. The van der Waals surface area contributed by atoms with Crippen molar-refractivity contribution in [3.8, 4) is 16.9 Å². The highest BCUT2D eigenvalue weighted by Crippen LogP contribution is 2.39. The molecule has 2 N–H and O–H groups in total. The molecule has 1 aromatic heterocycles. The zero-order valence-electron chi connectivity index (χ0n) is 22.5. The van der Waals surface area contributed by atoms with E-state index in [-0.39, 0.29) is 40.5 Å². The second kappa shape index (κ2) is 13.5. The van der Waals surface area contributed by atoms with Gasteiger partial charge in [-0.25, -0.2) is 8.78 Å². The monoisotopic (exact) mass is 587 g/mol. The van der Waals surface area contributed by atoms with E-state index in [4.69, 9.17) is 22.1 Å². The zero-order chi connectivity index (χ0) is 28.8. The summed E-state index contributed by atoms with van der Waals surface area (Å²) in [6.45, 7) is 1.82. The first-order chi connectivity index (χ1) is 19.2. The number of pyridine rings is 1. The summed E-state index contributed by atoms with van der Waals surface area (Å²) in [5.41, 5.74) is 7.83. The van der Waals surface area contributed by atoms with E-state index in [2.05, 4.69) is 4.98 Å². The van der Waals surface area contributed by atoms with Gasteiger partial charge in [0.2, 0.25) is 0 Å². The molecule has 2 heterocycles. The lowest BCUT2D eigenvalue weighted by molar-refractivity contribution is -0.130. The number of thioether (sulfide) groups is 1. The number of aromatic nitrogens is 1. The molecule has 1 aliphatic carbocycles. The van der Waals surface area contributed by atoms with Gasteiger partial charge in [0, 0.05) is 35.8 Å². The second-order valence-corrected chi connectivity index (χ2v) is 11.7. The summed E-state index contributed by atoms with van der Waals surface area (Å²) in [6, 6.07) is 8.88. The third-order valence-corrected chi connectivity index (χ3v) is 8.78. The summed E-state index contributed by atoms with van der Waals surface area (Å²) in [6.07, 6.45) is 8.04. The number of allylic oxidation sites excluding steroid dienone is 4. The first-order valence-electron chi connectivity index (χ1n) is 13.2. The van der Waals surface area contributed by atoms with Crippen LogP contribution in [0.2, 0.25) is 0 Å². The number of rotatable bonds is 7. The van der Waals surface area contributed by atoms with E-state index in [0.29, 0.717) is 5.75 Å². The smallest absolute Gasteiger partial charge is 0.267 e. The van der Waals surface area contributed by atoms with E-state index >= 15 is 0 Å². The molecule has 10 heteroatoms. The predicted molar refractivity (Wildman–Crippen MR) is 155 cm³/mol. The molecule has 0 bridgehead atoms. The number of carbonyl (C=O) groups excluding carboxylic acids is 2. The highest BCUT2D eigenvalue weighted by atomic mass is 35.5. The lowest BCUT2D eigenvalue weighted by Gasteiger charge is -2.36. The molecule has 1 fully saturated rings. The van der Waals surface area contributed by atoms with Gasteiger partial charge < -0.3 is 15.4 Å². The quantitative estimate of drug-likeness (QED) is 0.370. The predicted octanol–water partition coefficient (Wildman–Crippen LogP) is 7.20. The van der Waals surface area contributed by atoms with Gasteiger partial charge in [-0.15, -0.1) is 11.8 Å². The van der Waals surface area contributed by atoms with Gasteiger partial charge in [-0.3, -0.25) is 14.6 Å². The van der Waals surface area contributed by atoms with Crippen molar-refractivity contribution < 1.29 is 23.1 Å². The van der Waals surface area contributed by atoms with Gasteiger partial charge in [-0.1, -0.05) is 36.9 Å². The van der Waals surface area contributed by atoms with E-state index in [1.54, 1.807) is 31.1 Å². The van der Waals surface area contributed by atoms with Crippen LogP contribution in [-0.4, -0.2) is 40.1 Å². The lowest BCUT2D eigenvalue weighted by atomic mass is 9.93. The third-order valence-electron chi connectivity index (χ3n) is 7.11. The molecule has 40 heavy (non-hydrogen) atoms. The van der Waals surface area contributed by atoms with Crippen LogP contribution in [0.25, 0.3) is 11.1 Å². The first-order valence-corrected chi connectivity index (χ1v) is 14.4. The number of hydrogen-bond donors (Lipinski definition) is 1. The molecule has 0 saturated heterocycles. The molecule has 1 saturated carbocycles. The number of primary amides is 1. The van der Waals surface area contributed by atoms with Crippen molar-refractivity contribution in [3.05, 3.63) is 81.5 Å². The second-order valence-electron chi connectivity index (χ2n) is 9.88. The van der Waals surface area contributed by atoms with Crippen molar-refractivity contribution >= 4 is 35.2 Å². The van der Waals surface area contributed by atoms with Crippen LogP contribution in [0, 0.1) is 0 Å². The number of amides is 2. The summed E-state index contributed by atoms with van der Waals surface area (Å²) in [5.74, 6) is -1.56. The molecule has 1 aliphatic heterocycles. The van der Waals surface area contributed by atoms with Gasteiger partial charge in [-0.05, 0) is 67.3 Å². The molecule has 212 valence electrons. The van der Waals surface area contributed by atoms with Crippen LogP contribution in [-0.2, 0) is 11.3 Å². The minimum Gasteiger partial charge on any atom is -0.496 e. The van der Waals surface area contributed by atoms with Gasteiger partial charge in [0.05, 0.1) is 17.3 Å². The third kappa shape index (κ3) is 7.12. The first kappa shape index (κ1) is 29.8. The van der Waals surface area contributed by atoms with Crippen molar-refractivity contribution in [3.63, 3.8) is 0 Å². The maximum atomic E-state index is 14.6. The van der Waals surface area contributed by atoms with E-state index in [9.17, 15) is 18.4 Å². The van der Waals surface area contributed by atoms with Gasteiger partial charge in [-0.2, -0.15) is 0 Å². The summed E-state index contributed by atoms with van der Waals surface area (Å²) < 4.78 is 34.7. The van der Waals surface area contributed by atoms with Gasteiger partial charge in [0.15, 0.2) is 0 Å². The van der Waals surface area contributed by atoms with E-state index < -0.39 is 22.8 Å². The Balaban J connectivity index is 1.74. The maximum absolute atomic E-state index is 14.6. The Bertz CT molecular complexity index is 1370. The number of benzene rings is 1. The molecular formula is C30H32ClF2N3O3S. The van der Waals surface area contributed by atoms with Gasteiger partial charge in [0.25, 0.3) is 11.8 Å². The number of ether oxygens (including phenoxy) is 1. The fraction of sp³-hybridized carbons (Fsp3) is 0.367. The van der Waals surface area contributed by atoms with Gasteiger partial charge in [0.1, 0.15) is 23.1 Å². The Morgan fingerprint density at radius 2 is 1.85 bits per heavy atom. The number of halogens is 3. The van der Waals surface area contributed by atoms with Gasteiger partial charge >= 0.3 is 0 Å². The fourth-order valence-electron chi connectivity index (χ4n) is 4.96. The van der Waals surface area contributed by atoms with Crippen LogP contribution >= 0.6 is 23.4 Å².